The van der Waals surface area contributed by atoms with Crippen molar-refractivity contribution < 1.29 is 0 Å². The lowest BCUT2D eigenvalue weighted by molar-refractivity contribution is 0.685. The zero-order valence-electron chi connectivity index (χ0n) is 12.0. The van der Waals surface area contributed by atoms with Crippen molar-refractivity contribution in [2.45, 2.75) is 44.7 Å². The Morgan fingerprint density at radius 3 is 2.90 bits per heavy atom. The van der Waals surface area contributed by atoms with Crippen molar-refractivity contribution in [1.82, 2.24) is 4.98 Å². The van der Waals surface area contributed by atoms with E-state index < -0.39 is 0 Å². The van der Waals surface area contributed by atoms with E-state index in [0.29, 0.717) is 18.5 Å². The summed E-state index contributed by atoms with van der Waals surface area (Å²) in [6.45, 7) is 2.89. The molecule has 1 fully saturated rings. The maximum Gasteiger partial charge on any atom is 0.185 e. The number of nitrogens with zero attached hydrogens (tertiary/aromatic N) is 2. The first-order valence-corrected chi connectivity index (χ1v) is 8.83. The van der Waals surface area contributed by atoms with Gasteiger partial charge in [-0.2, -0.15) is 0 Å². The maximum absolute atomic E-state index is 5.87. The van der Waals surface area contributed by atoms with E-state index in [0.717, 1.165) is 11.6 Å². The molecule has 3 nitrogen and oxygen atoms in total. The largest absolute Gasteiger partial charge is 0.348 e. The lowest BCUT2D eigenvalue weighted by Gasteiger charge is -2.23. The van der Waals surface area contributed by atoms with Crippen LogP contribution in [-0.4, -0.2) is 18.1 Å². The van der Waals surface area contributed by atoms with E-state index in [1.807, 2.05) is 11.3 Å². The molecule has 0 bridgehead atoms. The van der Waals surface area contributed by atoms with Crippen LogP contribution in [0.5, 0.6) is 0 Å². The van der Waals surface area contributed by atoms with Gasteiger partial charge in [-0.25, -0.2) is 4.98 Å². The minimum atomic E-state index is 0.456. The van der Waals surface area contributed by atoms with Crippen molar-refractivity contribution in [3.63, 3.8) is 0 Å². The molecule has 1 atom stereocenters. The van der Waals surface area contributed by atoms with Crippen LogP contribution < -0.4 is 10.6 Å². The first-order valence-electron chi connectivity index (χ1n) is 7.14. The predicted octanol–water partition coefficient (Wildman–Crippen LogP) is 3.61. The van der Waals surface area contributed by atoms with Crippen molar-refractivity contribution in [2.24, 2.45) is 5.73 Å². The Bertz CT molecular complexity index is 558. The molecular formula is C15H21N3S2. The van der Waals surface area contributed by atoms with Crippen LogP contribution in [0.3, 0.4) is 0 Å². The molecule has 2 N–H and O–H groups in total. The van der Waals surface area contributed by atoms with E-state index in [-0.39, 0.29) is 0 Å². The van der Waals surface area contributed by atoms with Gasteiger partial charge >= 0.3 is 0 Å². The highest BCUT2D eigenvalue weighted by Gasteiger charge is 2.30. The first kappa shape index (κ1) is 14.0. The lowest BCUT2D eigenvalue weighted by Crippen LogP contribution is -2.30. The van der Waals surface area contributed by atoms with Gasteiger partial charge < -0.3 is 10.6 Å². The van der Waals surface area contributed by atoms with Crippen LogP contribution in [0.1, 0.15) is 41.1 Å². The fourth-order valence-electron chi connectivity index (χ4n) is 2.37. The summed E-state index contributed by atoms with van der Waals surface area (Å²) < 4.78 is 0. The lowest BCUT2D eigenvalue weighted by atomic mass is 10.2. The zero-order chi connectivity index (χ0) is 14.1. The monoisotopic (exact) mass is 307 g/mol. The van der Waals surface area contributed by atoms with E-state index >= 15 is 0 Å². The van der Waals surface area contributed by atoms with E-state index in [4.69, 9.17) is 10.7 Å². The van der Waals surface area contributed by atoms with Crippen molar-refractivity contribution in [2.75, 3.05) is 11.9 Å². The molecule has 0 amide bonds. The van der Waals surface area contributed by atoms with E-state index in [1.54, 1.807) is 11.3 Å². The summed E-state index contributed by atoms with van der Waals surface area (Å²) in [5, 5.41) is 3.26. The molecule has 2 aromatic heterocycles. The number of hydrogen-bond acceptors (Lipinski definition) is 5. The molecule has 2 aromatic rings. The van der Waals surface area contributed by atoms with Crippen LogP contribution in [-0.2, 0) is 13.0 Å². The molecule has 108 valence electrons. The third kappa shape index (κ3) is 2.90. The SMILES string of the molecule is CC(Cc1cccs1)N(C)c1nc(C2CC2)c(CN)s1. The number of nitrogens with two attached hydrogens (primary N) is 1. The summed E-state index contributed by atoms with van der Waals surface area (Å²) in [6.07, 6.45) is 3.64. The first-order chi connectivity index (χ1) is 9.69. The molecule has 20 heavy (non-hydrogen) atoms. The third-order valence-electron chi connectivity index (χ3n) is 3.91. The van der Waals surface area contributed by atoms with E-state index in [9.17, 15) is 0 Å². The number of hydrogen-bond donors (Lipinski definition) is 1. The Labute approximate surface area is 128 Å². The van der Waals surface area contributed by atoms with Gasteiger partial charge in [-0.05, 0) is 31.2 Å². The van der Waals surface area contributed by atoms with Crippen LogP contribution in [0, 0.1) is 0 Å². The van der Waals surface area contributed by atoms with Crippen molar-refractivity contribution in [3.05, 3.63) is 33.0 Å². The zero-order valence-corrected chi connectivity index (χ0v) is 13.6. The summed E-state index contributed by atoms with van der Waals surface area (Å²) in [7, 11) is 2.15. The van der Waals surface area contributed by atoms with E-state index in [2.05, 4.69) is 36.4 Å². The molecule has 0 saturated heterocycles. The molecule has 2 heterocycles. The number of likely N-dealkylation sites (N-methyl/N-ethyl adjacent to an activating group) is 1. The summed E-state index contributed by atoms with van der Waals surface area (Å²) in [6, 6.07) is 4.78. The Hall–Kier alpha value is -0.910. The van der Waals surface area contributed by atoms with Crippen LogP contribution in [0.2, 0.25) is 0 Å². The van der Waals surface area contributed by atoms with E-state index in [1.165, 1.54) is 28.3 Å². The topological polar surface area (TPSA) is 42.2 Å². The quantitative estimate of drug-likeness (QED) is 0.886. The molecule has 1 unspecified atom stereocenters. The summed E-state index contributed by atoms with van der Waals surface area (Å²) in [5.74, 6) is 0.680. The highest BCUT2D eigenvalue weighted by atomic mass is 32.1. The van der Waals surface area contributed by atoms with Gasteiger partial charge in [0.25, 0.3) is 0 Å². The number of rotatable bonds is 6. The van der Waals surface area contributed by atoms with Crippen molar-refractivity contribution in [3.8, 4) is 0 Å². The van der Waals surface area contributed by atoms with Crippen LogP contribution >= 0.6 is 22.7 Å². The van der Waals surface area contributed by atoms with Crippen LogP contribution in [0.4, 0.5) is 5.13 Å². The average Bonchev–Trinajstić information content (AvgIpc) is 3.00. The molecule has 1 aliphatic carbocycles. The second kappa shape index (κ2) is 5.84. The van der Waals surface area contributed by atoms with Gasteiger partial charge in [-0.15, -0.1) is 22.7 Å². The highest BCUT2D eigenvalue weighted by Crippen LogP contribution is 2.44. The fraction of sp³-hybridized carbons (Fsp3) is 0.533. The Morgan fingerprint density at radius 2 is 2.30 bits per heavy atom. The smallest absolute Gasteiger partial charge is 0.185 e. The molecule has 0 radical (unpaired) electrons. The third-order valence-corrected chi connectivity index (χ3v) is 5.99. The maximum atomic E-state index is 5.87. The number of anilines is 1. The summed E-state index contributed by atoms with van der Waals surface area (Å²) in [5.41, 5.74) is 7.14. The van der Waals surface area contributed by atoms with Crippen molar-refractivity contribution >= 4 is 27.8 Å². The molecule has 5 heteroatoms. The standard InChI is InChI=1S/C15H21N3S2/c1-10(8-12-4-3-7-19-12)18(2)15-17-14(11-5-6-11)13(9-16)20-15/h3-4,7,10-11H,5-6,8-9,16H2,1-2H3. The Balaban J connectivity index is 1.74. The van der Waals surface area contributed by atoms with Gasteiger partial charge in [0.1, 0.15) is 0 Å². The minimum Gasteiger partial charge on any atom is -0.348 e. The number of aromatic nitrogens is 1. The van der Waals surface area contributed by atoms with Crippen molar-refractivity contribution in [1.29, 1.82) is 0 Å². The second-order valence-corrected chi connectivity index (χ2v) is 7.62. The Kier molecular flexibility index (Phi) is 4.10. The molecule has 3 rings (SSSR count). The fourth-order valence-corrected chi connectivity index (χ4v) is 4.28. The molecule has 0 spiro atoms. The molecule has 1 saturated carbocycles. The summed E-state index contributed by atoms with van der Waals surface area (Å²) >= 11 is 3.60. The number of thiophene rings is 1. The minimum absolute atomic E-state index is 0.456. The predicted molar refractivity (Wildman–Crippen MR) is 87.9 cm³/mol. The second-order valence-electron chi connectivity index (χ2n) is 5.53. The van der Waals surface area contributed by atoms with Crippen LogP contribution in [0.15, 0.2) is 17.5 Å². The van der Waals surface area contributed by atoms with Gasteiger partial charge in [-0.3, -0.25) is 0 Å². The molecule has 0 aliphatic heterocycles. The number of thiazole rings is 1. The molecule has 0 aromatic carbocycles. The summed E-state index contributed by atoms with van der Waals surface area (Å²) in [4.78, 5) is 9.87. The van der Waals surface area contributed by atoms with Gasteiger partial charge in [-0.1, -0.05) is 6.07 Å². The van der Waals surface area contributed by atoms with Crippen LogP contribution in [0.25, 0.3) is 0 Å². The average molecular weight is 307 g/mol. The van der Waals surface area contributed by atoms with Gasteiger partial charge in [0, 0.05) is 41.7 Å². The Morgan fingerprint density at radius 1 is 1.50 bits per heavy atom. The van der Waals surface area contributed by atoms with Gasteiger partial charge in [0.05, 0.1) is 5.69 Å². The normalized spacial score (nSPS) is 16.4. The molecule has 1 aliphatic rings. The highest BCUT2D eigenvalue weighted by molar-refractivity contribution is 7.15. The van der Waals surface area contributed by atoms with Gasteiger partial charge in [0.2, 0.25) is 0 Å². The van der Waals surface area contributed by atoms with Gasteiger partial charge in [0.15, 0.2) is 5.13 Å². The molecular weight excluding hydrogens is 286 g/mol.